The molecule has 1 aliphatic rings. The molecule has 3 N–H and O–H groups in total. The minimum Gasteiger partial charge on any atom is -0.473 e. The number of nitrogens with one attached hydrogen (secondary N) is 1. The minimum atomic E-state index is -1.82. The van der Waals surface area contributed by atoms with Gasteiger partial charge in [-0.2, -0.15) is 0 Å². The summed E-state index contributed by atoms with van der Waals surface area (Å²) < 4.78 is 12.9. The third kappa shape index (κ3) is 8.71. The summed E-state index contributed by atoms with van der Waals surface area (Å²) in [5.41, 5.74) is 0.559. The number of benzene rings is 1. The molecule has 0 aromatic heterocycles. The van der Waals surface area contributed by atoms with Gasteiger partial charge in [0, 0.05) is 43.7 Å². The molecular formula is C21H30FN3O6. The van der Waals surface area contributed by atoms with Gasteiger partial charge in [0.05, 0.1) is 0 Å². The number of carboxylic acid groups (broad SMARTS) is 2. The zero-order chi connectivity index (χ0) is 23.6. The number of piperazine rings is 1. The van der Waals surface area contributed by atoms with Crippen molar-refractivity contribution in [3.8, 4) is 0 Å². The van der Waals surface area contributed by atoms with Crippen LogP contribution in [0, 0.1) is 5.82 Å². The Labute approximate surface area is 180 Å². The van der Waals surface area contributed by atoms with E-state index in [1.807, 2.05) is 11.8 Å². The molecule has 172 valence electrons. The molecule has 2 amide bonds. The predicted octanol–water partition coefficient (Wildman–Crippen LogP) is 2.07. The van der Waals surface area contributed by atoms with Crippen molar-refractivity contribution >= 4 is 23.8 Å². The summed E-state index contributed by atoms with van der Waals surface area (Å²) >= 11 is 0. The van der Waals surface area contributed by atoms with Crippen LogP contribution in [0.15, 0.2) is 24.3 Å². The number of carbonyl (C=O) groups is 4. The zero-order valence-corrected chi connectivity index (χ0v) is 18.0. The average molecular weight is 439 g/mol. The van der Waals surface area contributed by atoms with E-state index in [1.165, 1.54) is 24.3 Å². The van der Waals surface area contributed by atoms with E-state index in [0.717, 1.165) is 19.5 Å². The lowest BCUT2D eigenvalue weighted by Crippen LogP contribution is -2.60. The van der Waals surface area contributed by atoms with Crippen LogP contribution in [-0.2, 0) is 9.59 Å². The summed E-state index contributed by atoms with van der Waals surface area (Å²) in [4.78, 5) is 46.6. The molecule has 1 saturated heterocycles. The fourth-order valence-electron chi connectivity index (χ4n) is 3.27. The maximum Gasteiger partial charge on any atom is 0.414 e. The van der Waals surface area contributed by atoms with E-state index in [2.05, 4.69) is 24.1 Å². The highest BCUT2D eigenvalue weighted by atomic mass is 19.1. The average Bonchev–Trinajstić information content (AvgIpc) is 2.71. The Morgan fingerprint density at radius 3 is 2.13 bits per heavy atom. The highest BCUT2D eigenvalue weighted by Crippen LogP contribution is 2.17. The van der Waals surface area contributed by atoms with Crippen molar-refractivity contribution in [1.29, 1.82) is 0 Å². The van der Waals surface area contributed by atoms with Crippen molar-refractivity contribution in [2.75, 3.05) is 26.2 Å². The summed E-state index contributed by atoms with van der Waals surface area (Å²) in [6.07, 6.45) is 1.21. The number of hydrogen-bond donors (Lipinski definition) is 3. The van der Waals surface area contributed by atoms with Gasteiger partial charge in [0.25, 0.3) is 0 Å². The largest absolute Gasteiger partial charge is 0.473 e. The number of carbonyl (C=O) groups excluding carboxylic acids is 2. The summed E-state index contributed by atoms with van der Waals surface area (Å²) in [6, 6.07) is 6.11. The number of hydrogen-bond acceptors (Lipinski definition) is 5. The normalized spacial score (nSPS) is 18.5. The smallest absolute Gasteiger partial charge is 0.414 e. The van der Waals surface area contributed by atoms with Crippen LogP contribution in [0.4, 0.5) is 9.18 Å². The molecule has 1 aromatic rings. The lowest BCUT2D eigenvalue weighted by atomic mass is 10.0. The molecule has 9 nitrogen and oxygen atoms in total. The number of rotatable bonds is 6. The van der Waals surface area contributed by atoms with E-state index >= 15 is 0 Å². The number of urea groups is 1. The Kier molecular flexibility index (Phi) is 10.6. The summed E-state index contributed by atoms with van der Waals surface area (Å²) in [7, 11) is 0. The van der Waals surface area contributed by atoms with Gasteiger partial charge in [0.2, 0.25) is 0 Å². The molecule has 0 spiro atoms. The van der Waals surface area contributed by atoms with Crippen molar-refractivity contribution in [3.63, 3.8) is 0 Å². The number of halogens is 1. The van der Waals surface area contributed by atoms with Crippen molar-refractivity contribution < 1.29 is 33.8 Å². The molecule has 1 aromatic carbocycles. The molecule has 0 unspecified atom stereocenters. The fraction of sp³-hybridized carbons (Fsp3) is 0.524. The van der Waals surface area contributed by atoms with Gasteiger partial charge >= 0.3 is 18.0 Å². The first-order chi connectivity index (χ1) is 14.6. The van der Waals surface area contributed by atoms with E-state index in [4.69, 9.17) is 19.8 Å². The number of carboxylic acids is 2. The molecular weight excluding hydrogens is 409 g/mol. The number of ketones is 1. The molecule has 0 saturated carbocycles. The Hall–Kier alpha value is -3.01. The molecule has 0 radical (unpaired) electrons. The Morgan fingerprint density at radius 1 is 1.03 bits per heavy atom. The Bertz CT molecular complexity index is 759. The van der Waals surface area contributed by atoms with Gasteiger partial charge in [-0.05, 0) is 58.0 Å². The maximum absolute atomic E-state index is 12.9. The standard InChI is InChI=1S/C19H28FN3O2.C2H2O4/c1-4-21-19(25)23-13-14(2)22(12-15(23)3)11-5-6-18(24)16-7-9-17(20)10-8-16;3-1(4)2(5)6/h7-10,14-15H,4-6,11-13H2,1-3H3,(H,21,25);(H,3,4)(H,5,6)/t14-,15+;/m1./s1. The van der Waals surface area contributed by atoms with E-state index in [1.54, 1.807) is 0 Å². The topological polar surface area (TPSA) is 127 Å². The molecule has 1 heterocycles. The summed E-state index contributed by atoms with van der Waals surface area (Å²) in [5.74, 6) is -3.93. The van der Waals surface area contributed by atoms with Gasteiger partial charge < -0.3 is 20.4 Å². The van der Waals surface area contributed by atoms with Crippen LogP contribution in [0.1, 0.15) is 44.0 Å². The summed E-state index contributed by atoms with van der Waals surface area (Å²) in [5, 5.41) is 17.6. The van der Waals surface area contributed by atoms with E-state index in [9.17, 15) is 14.0 Å². The van der Waals surface area contributed by atoms with E-state index < -0.39 is 11.9 Å². The molecule has 1 fully saturated rings. The second-order valence-corrected chi connectivity index (χ2v) is 7.32. The SMILES string of the molecule is CCNC(=O)N1C[C@@H](C)N(CCCC(=O)c2ccc(F)cc2)C[C@@H]1C.O=C(O)C(=O)O. The van der Waals surface area contributed by atoms with Crippen molar-refractivity contribution in [2.24, 2.45) is 0 Å². The molecule has 1 aliphatic heterocycles. The monoisotopic (exact) mass is 439 g/mol. The van der Waals surface area contributed by atoms with Crippen LogP contribution in [0.2, 0.25) is 0 Å². The second kappa shape index (κ2) is 12.6. The first-order valence-electron chi connectivity index (χ1n) is 10.1. The first-order valence-corrected chi connectivity index (χ1v) is 10.1. The van der Waals surface area contributed by atoms with Gasteiger partial charge in [-0.3, -0.25) is 9.69 Å². The maximum atomic E-state index is 12.9. The fourth-order valence-corrected chi connectivity index (χ4v) is 3.27. The van der Waals surface area contributed by atoms with Gasteiger partial charge in [-0.25, -0.2) is 18.8 Å². The van der Waals surface area contributed by atoms with Gasteiger partial charge in [0.1, 0.15) is 5.82 Å². The molecule has 31 heavy (non-hydrogen) atoms. The molecule has 0 aliphatic carbocycles. The second-order valence-electron chi connectivity index (χ2n) is 7.32. The highest BCUT2D eigenvalue weighted by molar-refractivity contribution is 6.27. The van der Waals surface area contributed by atoms with E-state index in [-0.39, 0.29) is 29.7 Å². The molecule has 2 rings (SSSR count). The van der Waals surface area contributed by atoms with Crippen LogP contribution in [0.3, 0.4) is 0 Å². The third-order valence-corrected chi connectivity index (χ3v) is 4.90. The predicted molar refractivity (Wildman–Crippen MR) is 112 cm³/mol. The molecule has 10 heteroatoms. The van der Waals surface area contributed by atoms with Gasteiger partial charge in [-0.1, -0.05) is 0 Å². The highest BCUT2D eigenvalue weighted by Gasteiger charge is 2.31. The van der Waals surface area contributed by atoms with Crippen LogP contribution in [-0.4, -0.2) is 82.0 Å². The van der Waals surface area contributed by atoms with Crippen LogP contribution >= 0.6 is 0 Å². The van der Waals surface area contributed by atoms with Gasteiger partial charge in [0.15, 0.2) is 5.78 Å². The lowest BCUT2D eigenvalue weighted by Gasteiger charge is -2.44. The number of aliphatic carboxylic acids is 2. The number of Topliss-reactive ketones (excluding diaryl/α,β-unsaturated/α-hetero) is 1. The number of nitrogens with zero attached hydrogens (tertiary/aromatic N) is 2. The first kappa shape index (κ1) is 26.0. The zero-order valence-electron chi connectivity index (χ0n) is 18.0. The molecule has 2 atom stereocenters. The Morgan fingerprint density at radius 2 is 1.61 bits per heavy atom. The summed E-state index contributed by atoms with van der Waals surface area (Å²) in [6.45, 7) is 9.04. The molecule has 0 bridgehead atoms. The van der Waals surface area contributed by atoms with Crippen molar-refractivity contribution in [2.45, 2.75) is 45.7 Å². The lowest BCUT2D eigenvalue weighted by molar-refractivity contribution is -0.159. The Balaban J connectivity index is 0.000000703. The van der Waals surface area contributed by atoms with Crippen molar-refractivity contribution in [3.05, 3.63) is 35.6 Å². The third-order valence-electron chi connectivity index (χ3n) is 4.90. The van der Waals surface area contributed by atoms with Crippen molar-refractivity contribution in [1.82, 2.24) is 15.1 Å². The van der Waals surface area contributed by atoms with Crippen LogP contribution in [0.5, 0.6) is 0 Å². The van der Waals surface area contributed by atoms with Crippen LogP contribution < -0.4 is 5.32 Å². The number of amides is 2. The van der Waals surface area contributed by atoms with E-state index in [0.29, 0.717) is 25.1 Å². The van der Waals surface area contributed by atoms with Crippen LogP contribution in [0.25, 0.3) is 0 Å². The minimum absolute atomic E-state index is 0.00649. The quantitative estimate of drug-likeness (QED) is 0.457. The van der Waals surface area contributed by atoms with Gasteiger partial charge in [-0.15, -0.1) is 0 Å².